The van der Waals surface area contributed by atoms with E-state index in [1.54, 1.807) is 0 Å². The first kappa shape index (κ1) is 10.2. The van der Waals surface area contributed by atoms with Gasteiger partial charge in [-0.05, 0) is 36.8 Å². The van der Waals surface area contributed by atoms with Crippen molar-refractivity contribution < 1.29 is 0 Å². The van der Waals surface area contributed by atoms with Crippen LogP contribution in [-0.4, -0.2) is 14.9 Å². The van der Waals surface area contributed by atoms with Gasteiger partial charge in [-0.2, -0.15) is 5.10 Å². The number of aromatic nitrogens is 3. The van der Waals surface area contributed by atoms with Crippen LogP contribution >= 0.6 is 23.8 Å². The Balaban J connectivity index is 2.68. The summed E-state index contributed by atoms with van der Waals surface area (Å²) in [5.74, 6) is 6.31. The third-order valence-electron chi connectivity index (χ3n) is 2.14. The van der Waals surface area contributed by atoms with Gasteiger partial charge in [-0.25, -0.2) is 9.77 Å². The van der Waals surface area contributed by atoms with Crippen LogP contribution in [0.5, 0.6) is 0 Å². The molecule has 0 fully saturated rings. The average molecular weight is 241 g/mol. The SMILES string of the molecule is Cc1ccc(Cl)cc1-c1n[nH]c(=S)n1N. The van der Waals surface area contributed by atoms with Gasteiger partial charge >= 0.3 is 0 Å². The van der Waals surface area contributed by atoms with Gasteiger partial charge in [0.1, 0.15) is 0 Å². The predicted molar refractivity (Wildman–Crippen MR) is 62.7 cm³/mol. The Morgan fingerprint density at radius 3 is 2.87 bits per heavy atom. The molecule has 0 amide bonds. The van der Waals surface area contributed by atoms with Crippen molar-refractivity contribution in [1.29, 1.82) is 0 Å². The van der Waals surface area contributed by atoms with Gasteiger partial charge in [-0.15, -0.1) is 0 Å². The first-order valence-electron chi connectivity index (χ1n) is 4.28. The Morgan fingerprint density at radius 2 is 2.27 bits per heavy atom. The second-order valence-electron chi connectivity index (χ2n) is 3.18. The van der Waals surface area contributed by atoms with Gasteiger partial charge in [0.25, 0.3) is 0 Å². The van der Waals surface area contributed by atoms with E-state index in [0.717, 1.165) is 11.1 Å². The number of aromatic amines is 1. The number of benzene rings is 1. The Morgan fingerprint density at radius 1 is 1.53 bits per heavy atom. The quantitative estimate of drug-likeness (QED) is 0.594. The minimum Gasteiger partial charge on any atom is -0.335 e. The molecule has 3 N–H and O–H groups in total. The lowest BCUT2D eigenvalue weighted by Gasteiger charge is -2.04. The largest absolute Gasteiger partial charge is 0.335 e. The van der Waals surface area contributed by atoms with Crippen LogP contribution in [0.15, 0.2) is 18.2 Å². The number of aryl methyl sites for hydroxylation is 1. The number of nitrogen functional groups attached to an aromatic ring is 1. The van der Waals surface area contributed by atoms with Gasteiger partial charge < -0.3 is 5.84 Å². The Labute approximate surface area is 96.7 Å². The molecule has 0 aliphatic carbocycles. The first-order chi connectivity index (χ1) is 7.09. The maximum atomic E-state index is 5.91. The van der Waals surface area contributed by atoms with Crippen molar-refractivity contribution in [3.8, 4) is 11.4 Å². The van der Waals surface area contributed by atoms with E-state index < -0.39 is 0 Å². The van der Waals surface area contributed by atoms with E-state index in [2.05, 4.69) is 10.2 Å². The summed E-state index contributed by atoms with van der Waals surface area (Å²) >= 11 is 10.8. The lowest BCUT2D eigenvalue weighted by molar-refractivity contribution is 0.983. The molecule has 1 heterocycles. The van der Waals surface area contributed by atoms with Crippen molar-refractivity contribution in [3.63, 3.8) is 0 Å². The van der Waals surface area contributed by atoms with E-state index in [-0.39, 0.29) is 0 Å². The number of H-pyrrole nitrogens is 1. The molecule has 15 heavy (non-hydrogen) atoms. The van der Waals surface area contributed by atoms with Crippen LogP contribution in [0.4, 0.5) is 0 Å². The number of nitrogens with one attached hydrogen (secondary N) is 1. The second kappa shape index (κ2) is 3.67. The summed E-state index contributed by atoms with van der Waals surface area (Å²) in [5.41, 5.74) is 1.91. The molecule has 0 saturated carbocycles. The molecule has 4 nitrogen and oxygen atoms in total. The normalized spacial score (nSPS) is 10.5. The van der Waals surface area contributed by atoms with Crippen LogP contribution in [0.3, 0.4) is 0 Å². The van der Waals surface area contributed by atoms with Crippen LogP contribution in [0.25, 0.3) is 11.4 Å². The molecule has 0 radical (unpaired) electrons. The molecule has 0 atom stereocenters. The number of rotatable bonds is 1. The van der Waals surface area contributed by atoms with Gasteiger partial charge in [-0.1, -0.05) is 17.7 Å². The Kier molecular flexibility index (Phi) is 2.50. The molecule has 0 bridgehead atoms. The smallest absolute Gasteiger partial charge is 0.214 e. The molecule has 0 spiro atoms. The van der Waals surface area contributed by atoms with Gasteiger partial charge in [0.05, 0.1) is 0 Å². The molecule has 0 aliphatic rings. The van der Waals surface area contributed by atoms with Crippen LogP contribution < -0.4 is 5.84 Å². The molecule has 6 heteroatoms. The molecular weight excluding hydrogens is 232 g/mol. The van der Waals surface area contributed by atoms with E-state index in [4.69, 9.17) is 29.7 Å². The highest BCUT2D eigenvalue weighted by Crippen LogP contribution is 2.23. The third-order valence-corrected chi connectivity index (χ3v) is 2.67. The number of nitrogens with zero attached hydrogens (tertiary/aromatic N) is 2. The summed E-state index contributed by atoms with van der Waals surface area (Å²) in [6.07, 6.45) is 0. The van der Waals surface area contributed by atoms with Crippen molar-refractivity contribution in [1.82, 2.24) is 14.9 Å². The van der Waals surface area contributed by atoms with Gasteiger partial charge in [0, 0.05) is 10.6 Å². The van der Waals surface area contributed by atoms with Crippen LogP contribution in [0.2, 0.25) is 5.02 Å². The van der Waals surface area contributed by atoms with E-state index in [0.29, 0.717) is 15.6 Å². The van der Waals surface area contributed by atoms with Crippen molar-refractivity contribution in [2.24, 2.45) is 0 Å². The Hall–Kier alpha value is -1.33. The van der Waals surface area contributed by atoms with Gasteiger partial charge in [0.15, 0.2) is 5.82 Å². The highest BCUT2D eigenvalue weighted by atomic mass is 35.5. The molecular formula is C9H9ClN4S. The molecule has 0 unspecified atom stereocenters. The summed E-state index contributed by atoms with van der Waals surface area (Å²) in [7, 11) is 0. The van der Waals surface area contributed by atoms with Crippen LogP contribution in [-0.2, 0) is 0 Å². The summed E-state index contributed by atoms with van der Waals surface area (Å²) in [6.45, 7) is 1.96. The average Bonchev–Trinajstić information content (AvgIpc) is 2.52. The molecule has 1 aromatic heterocycles. The summed E-state index contributed by atoms with van der Waals surface area (Å²) in [6, 6.07) is 5.54. The van der Waals surface area contributed by atoms with Gasteiger partial charge in [-0.3, -0.25) is 0 Å². The second-order valence-corrected chi connectivity index (χ2v) is 4.00. The number of halogens is 1. The number of hydrogen-bond acceptors (Lipinski definition) is 3. The molecule has 1 aromatic carbocycles. The van der Waals surface area contributed by atoms with E-state index in [1.165, 1.54) is 4.68 Å². The summed E-state index contributed by atoms with van der Waals surface area (Å²) in [5, 5.41) is 7.32. The fourth-order valence-corrected chi connectivity index (χ4v) is 1.63. The fraction of sp³-hybridized carbons (Fsp3) is 0.111. The highest BCUT2D eigenvalue weighted by molar-refractivity contribution is 7.71. The first-order valence-corrected chi connectivity index (χ1v) is 5.07. The number of hydrogen-bond donors (Lipinski definition) is 2. The minimum absolute atomic E-state index is 0.379. The maximum absolute atomic E-state index is 5.91. The zero-order valence-electron chi connectivity index (χ0n) is 7.99. The topological polar surface area (TPSA) is 59.6 Å². The van der Waals surface area contributed by atoms with E-state index >= 15 is 0 Å². The maximum Gasteiger partial charge on any atom is 0.214 e. The monoisotopic (exact) mass is 240 g/mol. The van der Waals surface area contributed by atoms with E-state index in [1.807, 2.05) is 25.1 Å². The van der Waals surface area contributed by atoms with Crippen molar-refractivity contribution in [2.75, 3.05) is 5.84 Å². The zero-order chi connectivity index (χ0) is 11.0. The number of nitrogens with two attached hydrogens (primary N) is 1. The molecule has 0 aliphatic heterocycles. The summed E-state index contributed by atoms with van der Waals surface area (Å²) in [4.78, 5) is 0. The molecule has 2 rings (SSSR count). The van der Waals surface area contributed by atoms with E-state index in [9.17, 15) is 0 Å². The highest BCUT2D eigenvalue weighted by Gasteiger charge is 2.09. The lowest BCUT2D eigenvalue weighted by atomic mass is 10.1. The van der Waals surface area contributed by atoms with Crippen molar-refractivity contribution in [3.05, 3.63) is 33.6 Å². The summed E-state index contributed by atoms with van der Waals surface area (Å²) < 4.78 is 1.71. The fourth-order valence-electron chi connectivity index (χ4n) is 1.33. The standard InChI is InChI=1S/C9H9ClN4S/c1-5-2-3-6(10)4-7(5)8-12-13-9(15)14(8)11/h2-4H,11H2,1H3,(H,13,15). The van der Waals surface area contributed by atoms with Crippen LogP contribution in [0, 0.1) is 11.7 Å². The predicted octanol–water partition coefficient (Wildman–Crippen LogP) is 2.28. The van der Waals surface area contributed by atoms with Gasteiger partial charge in [0.2, 0.25) is 4.77 Å². The minimum atomic E-state index is 0.379. The van der Waals surface area contributed by atoms with Crippen LogP contribution in [0.1, 0.15) is 5.56 Å². The molecule has 2 aromatic rings. The zero-order valence-corrected chi connectivity index (χ0v) is 9.56. The molecule has 78 valence electrons. The third kappa shape index (κ3) is 1.75. The molecule has 0 saturated heterocycles. The van der Waals surface area contributed by atoms with Crippen molar-refractivity contribution in [2.45, 2.75) is 6.92 Å². The lowest BCUT2D eigenvalue weighted by Crippen LogP contribution is -2.10. The Bertz CT molecular complexity index is 557. The van der Waals surface area contributed by atoms with Crippen molar-refractivity contribution >= 4 is 23.8 Å².